The topological polar surface area (TPSA) is 92.3 Å². The molecule has 0 radical (unpaired) electrons. The third kappa shape index (κ3) is 3.70. The third-order valence-corrected chi connectivity index (χ3v) is 6.79. The zero-order valence-corrected chi connectivity index (χ0v) is 18.2. The van der Waals surface area contributed by atoms with E-state index in [9.17, 15) is 4.79 Å². The number of aliphatic imine (C=N–C) groups is 1. The molecule has 2 fully saturated rings. The molecule has 2 aromatic rings. The zero-order valence-electron chi connectivity index (χ0n) is 18.2. The van der Waals surface area contributed by atoms with Gasteiger partial charge in [0, 0.05) is 36.2 Å². The number of benzene rings is 2. The number of hydrogen-bond acceptors (Lipinski definition) is 6. The lowest BCUT2D eigenvalue weighted by atomic mass is 9.54. The fourth-order valence-corrected chi connectivity index (χ4v) is 4.95. The first kappa shape index (κ1) is 20.7. The first-order valence-electron chi connectivity index (χ1n) is 11.2. The lowest BCUT2D eigenvalue weighted by Crippen LogP contribution is -2.53. The van der Waals surface area contributed by atoms with Crippen molar-refractivity contribution in [1.29, 1.82) is 10.5 Å². The van der Waals surface area contributed by atoms with Crippen molar-refractivity contribution in [3.05, 3.63) is 81.9 Å². The van der Waals surface area contributed by atoms with Crippen LogP contribution in [0.5, 0.6) is 0 Å². The quantitative estimate of drug-likeness (QED) is 0.732. The summed E-state index contributed by atoms with van der Waals surface area (Å²) in [5.41, 5.74) is 4.45. The van der Waals surface area contributed by atoms with Crippen LogP contribution in [0, 0.1) is 28.1 Å². The Bertz CT molecular complexity index is 1180. The molecule has 1 aliphatic carbocycles. The van der Waals surface area contributed by atoms with Gasteiger partial charge in [0.05, 0.1) is 29.8 Å². The highest BCUT2D eigenvalue weighted by molar-refractivity contribution is 6.23. The Labute approximate surface area is 193 Å². The van der Waals surface area contributed by atoms with Gasteiger partial charge in [-0.1, -0.05) is 24.3 Å². The molecule has 2 heterocycles. The van der Waals surface area contributed by atoms with Crippen LogP contribution in [-0.2, 0) is 4.79 Å². The Morgan fingerprint density at radius 3 is 1.82 bits per heavy atom. The van der Waals surface area contributed by atoms with Crippen molar-refractivity contribution in [2.24, 2.45) is 10.4 Å². The van der Waals surface area contributed by atoms with Crippen LogP contribution in [0.4, 0.5) is 0 Å². The summed E-state index contributed by atoms with van der Waals surface area (Å²) in [6, 6.07) is 19.0. The number of nitrogens with one attached hydrogen (secondary N) is 1. The van der Waals surface area contributed by atoms with Crippen LogP contribution < -0.4 is 5.32 Å². The number of guanidine groups is 1. The molecule has 5 rings (SSSR count). The molecule has 0 atom stereocenters. The van der Waals surface area contributed by atoms with Gasteiger partial charge in [-0.3, -0.25) is 9.79 Å². The van der Waals surface area contributed by atoms with Crippen molar-refractivity contribution in [2.45, 2.75) is 12.8 Å². The van der Waals surface area contributed by atoms with E-state index in [1.54, 1.807) is 24.3 Å². The van der Waals surface area contributed by atoms with E-state index in [0.717, 1.165) is 67.3 Å². The highest BCUT2D eigenvalue weighted by Gasteiger charge is 2.54. The average Bonchev–Trinajstić information content (AvgIpc) is 3.42. The summed E-state index contributed by atoms with van der Waals surface area (Å²) in [6.07, 6.45) is 5.65. The largest absolute Gasteiger partial charge is 0.354 e. The Morgan fingerprint density at radius 2 is 1.39 bits per heavy atom. The maximum atomic E-state index is 13.3. The van der Waals surface area contributed by atoms with E-state index in [1.807, 2.05) is 36.4 Å². The predicted octanol–water partition coefficient (Wildman–Crippen LogP) is 3.52. The van der Waals surface area contributed by atoms with Gasteiger partial charge in [0.15, 0.2) is 11.7 Å². The number of ketones is 1. The van der Waals surface area contributed by atoms with Crippen molar-refractivity contribution < 1.29 is 4.79 Å². The molecule has 2 aliphatic heterocycles. The second kappa shape index (κ2) is 8.41. The van der Waals surface area contributed by atoms with Gasteiger partial charge in [0.1, 0.15) is 0 Å². The molecule has 6 heteroatoms. The van der Waals surface area contributed by atoms with Crippen molar-refractivity contribution in [2.75, 3.05) is 26.2 Å². The monoisotopic (exact) mass is 433 g/mol. The van der Waals surface area contributed by atoms with Crippen LogP contribution in [-0.4, -0.2) is 42.8 Å². The van der Waals surface area contributed by atoms with Crippen LogP contribution in [0.1, 0.15) is 35.1 Å². The van der Waals surface area contributed by atoms with Crippen molar-refractivity contribution in [3.8, 4) is 12.1 Å². The number of likely N-dealkylation sites (tertiary alicyclic amines) is 1. The molecule has 0 unspecified atom stereocenters. The van der Waals surface area contributed by atoms with E-state index in [0.29, 0.717) is 11.1 Å². The molecule has 0 aromatic heterocycles. The van der Waals surface area contributed by atoms with E-state index < -0.39 is 0 Å². The number of carbonyl (C=O) groups is 1. The summed E-state index contributed by atoms with van der Waals surface area (Å²) < 4.78 is 0. The molecule has 3 aliphatic rings. The molecule has 0 amide bonds. The first-order valence-corrected chi connectivity index (χ1v) is 11.2. The van der Waals surface area contributed by atoms with Crippen molar-refractivity contribution >= 4 is 23.9 Å². The lowest BCUT2D eigenvalue weighted by molar-refractivity contribution is -0.118. The SMILES string of the molecule is N#Cc1ccc(/C=C2/C(=O)/C(=C/c3ccc(C#N)cc3)C23CCN(C2=NCCN2)CC3)cc1. The van der Waals surface area contributed by atoms with Crippen LogP contribution >= 0.6 is 0 Å². The molecule has 1 saturated carbocycles. The van der Waals surface area contributed by atoms with E-state index in [4.69, 9.17) is 10.5 Å². The minimum atomic E-state index is -0.297. The zero-order chi connectivity index (χ0) is 22.8. The maximum Gasteiger partial charge on any atom is 0.194 e. The van der Waals surface area contributed by atoms with Gasteiger partial charge >= 0.3 is 0 Å². The second-order valence-electron chi connectivity index (χ2n) is 8.61. The van der Waals surface area contributed by atoms with E-state index in [2.05, 4.69) is 27.3 Å². The second-order valence-corrected chi connectivity index (χ2v) is 8.61. The molecule has 1 spiro atoms. The number of nitriles is 2. The van der Waals surface area contributed by atoms with Crippen LogP contribution in [0.3, 0.4) is 0 Å². The normalized spacial score (nSPS) is 21.3. The van der Waals surface area contributed by atoms with E-state index in [1.165, 1.54) is 0 Å². The highest BCUT2D eigenvalue weighted by Crippen LogP contribution is 2.56. The lowest BCUT2D eigenvalue weighted by Gasteiger charge is -2.51. The standard InChI is InChI=1S/C27H23N5O/c28-17-21-5-1-19(2-6-21)15-23-25(33)24(16-20-3-7-22(18-29)8-4-20)27(23)9-13-32(14-10-27)26-30-11-12-31-26/h1-8,15-16H,9-14H2,(H,30,31)/b23-15-,24-16-. The average molecular weight is 434 g/mol. The number of rotatable bonds is 2. The molecule has 162 valence electrons. The fourth-order valence-electron chi connectivity index (χ4n) is 4.95. The van der Waals surface area contributed by atoms with Gasteiger partial charge in [-0.25, -0.2) is 0 Å². The summed E-state index contributed by atoms with van der Waals surface area (Å²) in [7, 11) is 0. The van der Waals surface area contributed by atoms with Gasteiger partial charge < -0.3 is 10.2 Å². The number of Topliss-reactive ketones (excluding diaryl/α,β-unsaturated/α-hetero) is 1. The van der Waals surface area contributed by atoms with Crippen LogP contribution in [0.2, 0.25) is 0 Å². The summed E-state index contributed by atoms with van der Waals surface area (Å²) in [4.78, 5) is 20.2. The Kier molecular flexibility index (Phi) is 5.28. The Balaban J connectivity index is 1.49. The summed E-state index contributed by atoms with van der Waals surface area (Å²) in [5.74, 6) is 1.04. The van der Waals surface area contributed by atoms with Gasteiger partial charge in [0.25, 0.3) is 0 Å². The van der Waals surface area contributed by atoms with E-state index in [-0.39, 0.29) is 11.2 Å². The number of nitrogens with zero attached hydrogens (tertiary/aromatic N) is 4. The molecule has 2 aromatic carbocycles. The van der Waals surface area contributed by atoms with E-state index >= 15 is 0 Å². The molecule has 1 N–H and O–H groups in total. The third-order valence-electron chi connectivity index (χ3n) is 6.79. The summed E-state index contributed by atoms with van der Waals surface area (Å²) in [6.45, 7) is 3.34. The predicted molar refractivity (Wildman–Crippen MR) is 127 cm³/mol. The summed E-state index contributed by atoms with van der Waals surface area (Å²) >= 11 is 0. The minimum Gasteiger partial charge on any atom is -0.354 e. The first-order chi connectivity index (χ1) is 16.1. The molecule has 0 bridgehead atoms. The van der Waals surface area contributed by atoms with Crippen LogP contribution in [0.15, 0.2) is 64.7 Å². The molecular weight excluding hydrogens is 410 g/mol. The Morgan fingerprint density at radius 1 is 0.879 bits per heavy atom. The van der Waals surface area contributed by atoms with Gasteiger partial charge in [-0.2, -0.15) is 10.5 Å². The van der Waals surface area contributed by atoms with Crippen molar-refractivity contribution in [3.63, 3.8) is 0 Å². The summed E-state index contributed by atoms with van der Waals surface area (Å²) in [5, 5.41) is 21.5. The Hall–Kier alpha value is -4.16. The smallest absolute Gasteiger partial charge is 0.194 e. The fraction of sp³-hybridized carbons (Fsp3) is 0.259. The highest BCUT2D eigenvalue weighted by atomic mass is 16.1. The van der Waals surface area contributed by atoms with Gasteiger partial charge in [0.2, 0.25) is 0 Å². The number of allylic oxidation sites excluding steroid dienone is 2. The van der Waals surface area contributed by atoms with Gasteiger partial charge in [-0.15, -0.1) is 0 Å². The molecule has 6 nitrogen and oxygen atoms in total. The molecular formula is C27H23N5O. The van der Waals surface area contributed by atoms with Crippen molar-refractivity contribution in [1.82, 2.24) is 10.2 Å². The maximum absolute atomic E-state index is 13.3. The number of carbonyl (C=O) groups excluding carboxylic acids is 1. The number of piperidine rings is 1. The van der Waals surface area contributed by atoms with Gasteiger partial charge in [-0.05, 0) is 60.4 Å². The minimum absolute atomic E-state index is 0.0773. The van der Waals surface area contributed by atoms with Crippen LogP contribution in [0.25, 0.3) is 12.2 Å². The molecule has 1 saturated heterocycles. The number of hydrogen-bond donors (Lipinski definition) is 1. The molecule has 33 heavy (non-hydrogen) atoms.